The van der Waals surface area contributed by atoms with Crippen molar-refractivity contribution in [2.24, 2.45) is 0 Å². The summed E-state index contributed by atoms with van der Waals surface area (Å²) < 4.78 is 21.8. The molecule has 0 bridgehead atoms. The van der Waals surface area contributed by atoms with Crippen molar-refractivity contribution in [3.63, 3.8) is 0 Å². The van der Waals surface area contributed by atoms with E-state index in [9.17, 15) is 13.9 Å². The summed E-state index contributed by atoms with van der Waals surface area (Å²) in [6.07, 6.45) is 1.78. The number of benzene rings is 2. The highest BCUT2D eigenvalue weighted by Gasteiger charge is 2.18. The Hall–Kier alpha value is -2.55. The van der Waals surface area contributed by atoms with Crippen LogP contribution in [0.4, 0.5) is 5.82 Å². The molecule has 29 heavy (non-hydrogen) atoms. The van der Waals surface area contributed by atoms with E-state index in [1.807, 2.05) is 49.1 Å². The van der Waals surface area contributed by atoms with Gasteiger partial charge in [0.05, 0.1) is 23.1 Å². The molecule has 4 rings (SSSR count). The van der Waals surface area contributed by atoms with Gasteiger partial charge < -0.3 is 14.6 Å². The van der Waals surface area contributed by atoms with Crippen LogP contribution in [0.3, 0.4) is 0 Å². The molecule has 1 fully saturated rings. The van der Waals surface area contributed by atoms with Crippen molar-refractivity contribution in [3.05, 3.63) is 47.7 Å². The monoisotopic (exact) mass is 411 g/mol. The molecule has 2 heterocycles. The van der Waals surface area contributed by atoms with Crippen molar-refractivity contribution in [1.82, 2.24) is 14.9 Å². The smallest absolute Gasteiger partial charge is 0.147 e. The second-order valence-electron chi connectivity index (χ2n) is 7.43. The molecule has 8 heteroatoms. The summed E-state index contributed by atoms with van der Waals surface area (Å²) >= 11 is -2.05. The van der Waals surface area contributed by atoms with E-state index in [0.717, 1.165) is 39.1 Å². The number of hydrogen-bond donors (Lipinski definition) is 1. The Morgan fingerprint density at radius 2 is 1.72 bits per heavy atom. The molecular formula is C21H23N4O3S-. The SMILES string of the molecule is Cc1cc(-c2ccc3ncc(N4CCN(CS(=O)[O-])CC4)nc3c2)cc(C)c1O. The number of phenols is 1. The maximum absolute atomic E-state index is 10.9. The van der Waals surface area contributed by atoms with E-state index >= 15 is 0 Å². The number of aromatic hydroxyl groups is 1. The van der Waals surface area contributed by atoms with E-state index in [0.29, 0.717) is 31.9 Å². The molecule has 152 valence electrons. The van der Waals surface area contributed by atoms with Crippen LogP contribution in [0.5, 0.6) is 5.75 Å². The van der Waals surface area contributed by atoms with Crippen LogP contribution in [0.15, 0.2) is 36.5 Å². The zero-order valence-corrected chi connectivity index (χ0v) is 17.3. The number of rotatable bonds is 4. The van der Waals surface area contributed by atoms with Crippen LogP contribution in [-0.4, -0.2) is 60.8 Å². The standard InChI is InChI=1S/C21H24N4O3S/c1-14-9-17(10-15(2)21(14)26)16-3-4-18-19(11-16)23-20(12-22-18)25-7-5-24(6-8-25)13-29(27)28/h3-4,9-12,26H,5-8,13H2,1-2H3,(H,27,28)/p-1. The molecule has 1 N–H and O–H groups in total. The molecule has 1 saturated heterocycles. The van der Waals surface area contributed by atoms with Crippen molar-refractivity contribution in [3.8, 4) is 16.9 Å². The van der Waals surface area contributed by atoms with Crippen LogP contribution < -0.4 is 4.90 Å². The second-order valence-corrected chi connectivity index (χ2v) is 8.29. The van der Waals surface area contributed by atoms with Gasteiger partial charge in [-0.2, -0.15) is 0 Å². The lowest BCUT2D eigenvalue weighted by atomic mass is 9.99. The molecule has 1 atom stereocenters. The summed E-state index contributed by atoms with van der Waals surface area (Å²) in [5, 5.41) is 10.0. The Morgan fingerprint density at radius 3 is 2.38 bits per heavy atom. The first-order chi connectivity index (χ1) is 13.9. The normalized spacial score (nSPS) is 16.3. The van der Waals surface area contributed by atoms with E-state index in [2.05, 4.69) is 9.88 Å². The fourth-order valence-electron chi connectivity index (χ4n) is 3.71. The first-order valence-corrected chi connectivity index (χ1v) is 10.8. The van der Waals surface area contributed by atoms with Gasteiger partial charge in [-0.25, -0.2) is 4.98 Å². The van der Waals surface area contributed by atoms with Gasteiger partial charge in [0.2, 0.25) is 0 Å². The predicted molar refractivity (Wildman–Crippen MR) is 114 cm³/mol. The zero-order valence-electron chi connectivity index (χ0n) is 16.5. The average Bonchev–Trinajstić information content (AvgIpc) is 2.71. The van der Waals surface area contributed by atoms with Gasteiger partial charge in [0.25, 0.3) is 0 Å². The molecule has 0 radical (unpaired) electrons. The van der Waals surface area contributed by atoms with Crippen LogP contribution in [0.25, 0.3) is 22.2 Å². The lowest BCUT2D eigenvalue weighted by Gasteiger charge is -2.35. The summed E-state index contributed by atoms with van der Waals surface area (Å²) in [4.78, 5) is 13.4. The lowest BCUT2D eigenvalue weighted by Crippen LogP contribution is -2.47. The third kappa shape index (κ3) is 4.24. The third-order valence-electron chi connectivity index (χ3n) is 5.34. The van der Waals surface area contributed by atoms with Gasteiger partial charge in [-0.1, -0.05) is 6.07 Å². The number of fused-ring (bicyclic) bond motifs is 1. The van der Waals surface area contributed by atoms with Crippen molar-refractivity contribution in [2.45, 2.75) is 13.8 Å². The van der Waals surface area contributed by atoms with Gasteiger partial charge in [-0.05, 0) is 71.4 Å². The summed E-state index contributed by atoms with van der Waals surface area (Å²) in [6, 6.07) is 9.94. The minimum atomic E-state index is -2.05. The second kappa shape index (κ2) is 8.06. The summed E-state index contributed by atoms with van der Waals surface area (Å²) in [6.45, 7) is 6.58. The van der Waals surface area contributed by atoms with Crippen molar-refractivity contribution >= 4 is 27.9 Å². The van der Waals surface area contributed by atoms with Gasteiger partial charge in [-0.3, -0.25) is 14.1 Å². The highest BCUT2D eigenvalue weighted by Crippen LogP contribution is 2.30. The highest BCUT2D eigenvalue weighted by atomic mass is 32.2. The third-order valence-corrected chi connectivity index (χ3v) is 5.91. The van der Waals surface area contributed by atoms with Crippen molar-refractivity contribution in [2.75, 3.05) is 37.0 Å². The number of aromatic nitrogens is 2. The molecule has 2 aromatic carbocycles. The maximum Gasteiger partial charge on any atom is 0.147 e. The molecule has 7 nitrogen and oxygen atoms in total. The minimum absolute atomic E-state index is 0.0755. The average molecular weight is 412 g/mol. The Labute approximate surface area is 172 Å². The van der Waals surface area contributed by atoms with Crippen LogP contribution in [0, 0.1) is 13.8 Å². The van der Waals surface area contributed by atoms with Gasteiger partial charge in [0.15, 0.2) is 0 Å². The van der Waals surface area contributed by atoms with Crippen LogP contribution in [0.2, 0.25) is 0 Å². The van der Waals surface area contributed by atoms with Crippen molar-refractivity contribution in [1.29, 1.82) is 0 Å². The molecule has 0 amide bonds. The van der Waals surface area contributed by atoms with Gasteiger partial charge in [0.1, 0.15) is 11.6 Å². The molecule has 1 aliphatic heterocycles. The Bertz CT molecular complexity index is 1060. The van der Waals surface area contributed by atoms with Crippen LogP contribution >= 0.6 is 0 Å². The van der Waals surface area contributed by atoms with E-state index in [-0.39, 0.29) is 5.88 Å². The van der Waals surface area contributed by atoms with E-state index < -0.39 is 11.1 Å². The number of piperazine rings is 1. The van der Waals surface area contributed by atoms with Crippen LogP contribution in [0.1, 0.15) is 11.1 Å². The topological polar surface area (TPSA) is 92.6 Å². The molecule has 1 aromatic heterocycles. The first-order valence-electron chi connectivity index (χ1n) is 9.51. The van der Waals surface area contributed by atoms with Gasteiger partial charge >= 0.3 is 0 Å². The molecule has 0 saturated carbocycles. The Balaban J connectivity index is 1.60. The van der Waals surface area contributed by atoms with Gasteiger partial charge in [0, 0.05) is 26.2 Å². The highest BCUT2D eigenvalue weighted by molar-refractivity contribution is 7.79. The fourth-order valence-corrected chi connectivity index (χ4v) is 4.27. The largest absolute Gasteiger partial charge is 0.771 e. The Kier molecular flexibility index (Phi) is 5.49. The molecule has 0 spiro atoms. The minimum Gasteiger partial charge on any atom is -0.771 e. The van der Waals surface area contributed by atoms with Crippen LogP contribution in [-0.2, 0) is 11.1 Å². The fraction of sp³-hybridized carbons (Fsp3) is 0.333. The summed E-state index contributed by atoms with van der Waals surface area (Å²) in [7, 11) is 0. The molecule has 1 unspecified atom stereocenters. The molecular weight excluding hydrogens is 388 g/mol. The van der Waals surface area contributed by atoms with E-state index in [1.54, 1.807) is 6.20 Å². The molecule has 3 aromatic rings. The number of nitrogens with zero attached hydrogens (tertiary/aromatic N) is 4. The van der Waals surface area contributed by atoms with E-state index in [1.165, 1.54) is 0 Å². The number of hydrogen-bond acceptors (Lipinski definition) is 7. The number of anilines is 1. The number of aryl methyl sites for hydroxylation is 2. The zero-order chi connectivity index (χ0) is 20.5. The molecule has 1 aliphatic rings. The molecule has 0 aliphatic carbocycles. The quantitative estimate of drug-likeness (QED) is 0.660. The van der Waals surface area contributed by atoms with Gasteiger partial charge in [-0.15, -0.1) is 0 Å². The lowest BCUT2D eigenvalue weighted by molar-refractivity contribution is 0.291. The van der Waals surface area contributed by atoms with Crippen molar-refractivity contribution < 1.29 is 13.9 Å². The Morgan fingerprint density at radius 1 is 1.03 bits per heavy atom. The summed E-state index contributed by atoms with van der Waals surface area (Å²) in [5.74, 6) is 1.21. The number of phenolic OH excluding ortho intramolecular Hbond substituents is 1. The van der Waals surface area contributed by atoms with E-state index in [4.69, 9.17) is 4.98 Å². The first kappa shape index (κ1) is 19.8. The summed E-state index contributed by atoms with van der Waals surface area (Å²) in [5.41, 5.74) is 5.38. The maximum atomic E-state index is 10.9. The predicted octanol–water partition coefficient (Wildman–Crippen LogP) is 2.58.